The van der Waals surface area contributed by atoms with Crippen LogP contribution in [-0.2, 0) is 13.1 Å². The number of nitrogens with zero attached hydrogens (tertiary/aromatic N) is 2. The van der Waals surface area contributed by atoms with Crippen LogP contribution in [0.4, 0.5) is 0 Å². The second-order valence-electron chi connectivity index (χ2n) is 7.27. The van der Waals surface area contributed by atoms with E-state index in [-0.39, 0.29) is 6.04 Å². The van der Waals surface area contributed by atoms with Gasteiger partial charge in [0.2, 0.25) is 0 Å². The van der Waals surface area contributed by atoms with Crippen molar-refractivity contribution in [3.8, 4) is 0 Å². The van der Waals surface area contributed by atoms with Gasteiger partial charge in [0, 0.05) is 51.4 Å². The zero-order chi connectivity index (χ0) is 18.2. The summed E-state index contributed by atoms with van der Waals surface area (Å²) >= 11 is 0. The molecule has 0 bridgehead atoms. The Labute approximate surface area is 158 Å². The van der Waals surface area contributed by atoms with Crippen LogP contribution in [-0.4, -0.2) is 54.6 Å². The van der Waals surface area contributed by atoms with Crippen LogP contribution < -0.4 is 11.1 Å². The van der Waals surface area contributed by atoms with Gasteiger partial charge in [0.25, 0.3) is 0 Å². The van der Waals surface area contributed by atoms with Gasteiger partial charge in [-0.05, 0) is 17.7 Å². The van der Waals surface area contributed by atoms with E-state index in [4.69, 9.17) is 5.73 Å². The Hall–Kier alpha value is -1.72. The van der Waals surface area contributed by atoms with Gasteiger partial charge in [0.1, 0.15) is 0 Å². The molecule has 0 saturated carbocycles. The van der Waals surface area contributed by atoms with Gasteiger partial charge in [-0.2, -0.15) is 0 Å². The van der Waals surface area contributed by atoms with Crippen LogP contribution in [0.15, 0.2) is 60.7 Å². The minimum atomic E-state index is 0.136. The Bertz CT molecular complexity index is 631. The van der Waals surface area contributed by atoms with Crippen LogP contribution >= 0.6 is 0 Å². The van der Waals surface area contributed by atoms with E-state index >= 15 is 0 Å². The number of rotatable bonds is 6. The quantitative estimate of drug-likeness (QED) is 0.837. The van der Waals surface area contributed by atoms with Crippen molar-refractivity contribution in [3.05, 3.63) is 71.8 Å². The zero-order valence-corrected chi connectivity index (χ0v) is 15.8. The molecule has 26 heavy (non-hydrogen) atoms. The van der Waals surface area contributed by atoms with Gasteiger partial charge in [0.15, 0.2) is 0 Å². The number of nitrogens with one attached hydrogen (secondary N) is 1. The Morgan fingerprint density at radius 1 is 0.846 bits per heavy atom. The summed E-state index contributed by atoms with van der Waals surface area (Å²) in [6.07, 6.45) is 0. The predicted octanol–water partition coefficient (Wildman–Crippen LogP) is 2.31. The minimum Gasteiger partial charge on any atom is -0.325 e. The molecular weight excluding hydrogens is 320 g/mol. The lowest BCUT2D eigenvalue weighted by Gasteiger charge is -2.38. The molecule has 1 heterocycles. The smallest absolute Gasteiger partial charge is 0.0359 e. The molecule has 1 fully saturated rings. The van der Waals surface area contributed by atoms with Gasteiger partial charge in [-0.1, -0.05) is 67.6 Å². The molecule has 140 valence electrons. The fourth-order valence-corrected chi connectivity index (χ4v) is 3.75. The van der Waals surface area contributed by atoms with Crippen molar-refractivity contribution in [1.82, 2.24) is 15.1 Å². The lowest BCUT2D eigenvalue weighted by atomic mass is 10.0. The molecule has 4 heteroatoms. The SMILES string of the molecule is CCN[C@H]1CN(Cc2ccccc2)CCN(Cc2ccccc2)C[C@@H]1N. The van der Waals surface area contributed by atoms with Gasteiger partial charge in [-0.25, -0.2) is 0 Å². The molecule has 2 aromatic rings. The molecule has 0 spiro atoms. The van der Waals surface area contributed by atoms with Crippen LogP contribution in [0.25, 0.3) is 0 Å². The predicted molar refractivity (Wildman–Crippen MR) is 109 cm³/mol. The van der Waals surface area contributed by atoms with E-state index in [0.29, 0.717) is 6.04 Å². The standard InChI is InChI=1S/C22H32N4/c1-2-24-22-18-26(16-20-11-7-4-8-12-20)14-13-25(17-21(22)23)15-19-9-5-3-6-10-19/h3-12,21-22,24H,2,13-18,23H2,1H3/t21-,22-/m0/s1. The highest BCUT2D eigenvalue weighted by Crippen LogP contribution is 2.12. The summed E-state index contributed by atoms with van der Waals surface area (Å²) in [5.41, 5.74) is 9.33. The molecular formula is C22H32N4. The van der Waals surface area contributed by atoms with Crippen LogP contribution in [0.2, 0.25) is 0 Å². The van der Waals surface area contributed by atoms with Crippen LogP contribution in [0, 0.1) is 0 Å². The van der Waals surface area contributed by atoms with Crippen molar-refractivity contribution < 1.29 is 0 Å². The Morgan fingerprint density at radius 2 is 1.35 bits per heavy atom. The van der Waals surface area contributed by atoms with Crippen molar-refractivity contribution in [2.45, 2.75) is 32.1 Å². The zero-order valence-electron chi connectivity index (χ0n) is 15.8. The van der Waals surface area contributed by atoms with Crippen molar-refractivity contribution in [3.63, 3.8) is 0 Å². The van der Waals surface area contributed by atoms with E-state index in [0.717, 1.165) is 45.8 Å². The van der Waals surface area contributed by atoms with Crippen molar-refractivity contribution >= 4 is 0 Å². The lowest BCUT2D eigenvalue weighted by Crippen LogP contribution is -2.58. The first-order valence-corrected chi connectivity index (χ1v) is 9.76. The molecule has 0 aliphatic carbocycles. The number of benzene rings is 2. The molecule has 1 aliphatic heterocycles. The molecule has 2 aromatic carbocycles. The number of nitrogens with two attached hydrogens (primary N) is 1. The maximum atomic E-state index is 6.60. The van der Waals surface area contributed by atoms with Crippen molar-refractivity contribution in [2.75, 3.05) is 32.7 Å². The second kappa shape index (κ2) is 9.83. The third kappa shape index (κ3) is 5.64. The molecule has 0 radical (unpaired) electrons. The molecule has 0 unspecified atom stereocenters. The molecule has 4 nitrogen and oxygen atoms in total. The Balaban J connectivity index is 1.69. The largest absolute Gasteiger partial charge is 0.325 e. The van der Waals surface area contributed by atoms with Gasteiger partial charge in [-0.3, -0.25) is 9.80 Å². The number of hydrogen-bond acceptors (Lipinski definition) is 4. The average Bonchev–Trinajstić information content (AvgIpc) is 2.66. The molecule has 1 aliphatic rings. The van der Waals surface area contributed by atoms with Gasteiger partial charge < -0.3 is 11.1 Å². The summed E-state index contributed by atoms with van der Waals surface area (Å²) in [6, 6.07) is 21.9. The molecule has 1 saturated heterocycles. The van der Waals surface area contributed by atoms with Crippen LogP contribution in [0.5, 0.6) is 0 Å². The first-order chi connectivity index (χ1) is 12.7. The fraction of sp³-hybridized carbons (Fsp3) is 0.455. The Morgan fingerprint density at radius 3 is 1.85 bits per heavy atom. The van der Waals surface area contributed by atoms with Gasteiger partial charge in [0.05, 0.1) is 0 Å². The summed E-state index contributed by atoms with van der Waals surface area (Å²) < 4.78 is 0. The van der Waals surface area contributed by atoms with E-state index in [1.807, 2.05) is 0 Å². The first kappa shape index (κ1) is 19.1. The van der Waals surface area contributed by atoms with E-state index in [9.17, 15) is 0 Å². The van der Waals surface area contributed by atoms with Crippen molar-refractivity contribution in [2.24, 2.45) is 5.73 Å². The van der Waals surface area contributed by atoms with E-state index in [1.54, 1.807) is 0 Å². The highest BCUT2D eigenvalue weighted by atomic mass is 15.2. The van der Waals surface area contributed by atoms with E-state index in [1.165, 1.54) is 11.1 Å². The van der Waals surface area contributed by atoms with Crippen LogP contribution in [0.3, 0.4) is 0 Å². The number of likely N-dealkylation sites (N-methyl/N-ethyl adjacent to an activating group) is 1. The van der Waals surface area contributed by atoms with Gasteiger partial charge in [-0.15, -0.1) is 0 Å². The molecule has 3 rings (SSSR count). The molecule has 0 aromatic heterocycles. The molecule has 0 amide bonds. The topological polar surface area (TPSA) is 44.5 Å². The number of hydrogen-bond donors (Lipinski definition) is 2. The third-order valence-electron chi connectivity index (χ3n) is 5.14. The summed E-state index contributed by atoms with van der Waals surface area (Å²) in [6.45, 7) is 9.12. The maximum Gasteiger partial charge on any atom is 0.0359 e. The first-order valence-electron chi connectivity index (χ1n) is 9.76. The van der Waals surface area contributed by atoms with E-state index in [2.05, 4.69) is 82.7 Å². The highest BCUT2D eigenvalue weighted by Gasteiger charge is 2.25. The monoisotopic (exact) mass is 352 g/mol. The molecule has 2 atom stereocenters. The lowest BCUT2D eigenvalue weighted by molar-refractivity contribution is 0.130. The van der Waals surface area contributed by atoms with E-state index < -0.39 is 0 Å². The summed E-state index contributed by atoms with van der Waals surface area (Å²) in [7, 11) is 0. The minimum absolute atomic E-state index is 0.136. The van der Waals surface area contributed by atoms with Gasteiger partial charge >= 0.3 is 0 Å². The molecule has 3 N–H and O–H groups in total. The fourth-order valence-electron chi connectivity index (χ4n) is 3.75. The Kier molecular flexibility index (Phi) is 7.21. The maximum absolute atomic E-state index is 6.60. The highest BCUT2D eigenvalue weighted by molar-refractivity contribution is 5.15. The third-order valence-corrected chi connectivity index (χ3v) is 5.14. The summed E-state index contributed by atoms with van der Waals surface area (Å²) in [5.74, 6) is 0. The average molecular weight is 353 g/mol. The van der Waals surface area contributed by atoms with Crippen molar-refractivity contribution in [1.29, 1.82) is 0 Å². The summed E-state index contributed by atoms with van der Waals surface area (Å²) in [4.78, 5) is 5.04. The second-order valence-corrected chi connectivity index (χ2v) is 7.27. The van der Waals surface area contributed by atoms with Crippen LogP contribution in [0.1, 0.15) is 18.1 Å². The normalized spacial score (nSPS) is 22.7. The summed E-state index contributed by atoms with van der Waals surface area (Å²) in [5, 5.41) is 3.61.